The molecule has 0 unspecified atom stereocenters. The summed E-state index contributed by atoms with van der Waals surface area (Å²) in [6.07, 6.45) is 5.42. The first-order valence-electron chi connectivity index (χ1n) is 4.92. The Labute approximate surface area is 92.6 Å². The molecular formula is C13H10O3. The Hall–Kier alpha value is -2.16. The van der Waals surface area contributed by atoms with Crippen LogP contribution in [0.3, 0.4) is 0 Å². The first-order chi connectivity index (χ1) is 7.79. The van der Waals surface area contributed by atoms with E-state index >= 15 is 0 Å². The molecule has 2 heterocycles. The molecule has 0 atom stereocenters. The summed E-state index contributed by atoms with van der Waals surface area (Å²) in [5.74, 6) is 1.87. The van der Waals surface area contributed by atoms with Gasteiger partial charge in [0, 0.05) is 10.9 Å². The van der Waals surface area contributed by atoms with Crippen LogP contribution >= 0.6 is 0 Å². The Kier molecular flexibility index (Phi) is 1.80. The van der Waals surface area contributed by atoms with E-state index in [1.807, 2.05) is 24.3 Å². The number of rotatable bonds is 1. The van der Waals surface area contributed by atoms with Gasteiger partial charge in [0.2, 0.25) is 5.75 Å². The van der Waals surface area contributed by atoms with E-state index in [0.29, 0.717) is 22.8 Å². The molecule has 0 bridgehead atoms. The summed E-state index contributed by atoms with van der Waals surface area (Å²) in [4.78, 5) is 0. The molecule has 3 heteroatoms. The molecule has 0 saturated carbocycles. The predicted octanol–water partition coefficient (Wildman–Crippen LogP) is 3.36. The van der Waals surface area contributed by atoms with Crippen molar-refractivity contribution in [3.8, 4) is 11.5 Å². The molecule has 1 aliphatic rings. The van der Waals surface area contributed by atoms with Crippen LogP contribution in [-0.4, -0.2) is 7.11 Å². The maximum atomic E-state index is 5.57. The zero-order valence-corrected chi connectivity index (χ0v) is 8.82. The topological polar surface area (TPSA) is 31.6 Å². The minimum atomic E-state index is 0.594. The van der Waals surface area contributed by atoms with E-state index in [2.05, 4.69) is 6.58 Å². The van der Waals surface area contributed by atoms with E-state index < -0.39 is 0 Å². The van der Waals surface area contributed by atoms with Crippen LogP contribution in [0.5, 0.6) is 11.5 Å². The van der Waals surface area contributed by atoms with E-state index in [4.69, 9.17) is 13.9 Å². The van der Waals surface area contributed by atoms with Crippen molar-refractivity contribution < 1.29 is 13.9 Å². The average Bonchev–Trinajstić information content (AvgIpc) is 2.73. The van der Waals surface area contributed by atoms with Crippen molar-refractivity contribution in [1.29, 1.82) is 0 Å². The molecule has 0 saturated heterocycles. The van der Waals surface area contributed by atoms with Gasteiger partial charge >= 0.3 is 0 Å². The second kappa shape index (κ2) is 3.17. The fourth-order valence-corrected chi connectivity index (χ4v) is 1.85. The molecule has 0 radical (unpaired) electrons. The Balaban J connectivity index is 2.38. The molecule has 0 aliphatic carbocycles. The normalized spacial score (nSPS) is 13.7. The molecule has 80 valence electrons. The number of hydrogen-bond donors (Lipinski definition) is 0. The highest BCUT2D eigenvalue weighted by molar-refractivity contribution is 5.90. The molecule has 0 spiro atoms. The van der Waals surface area contributed by atoms with Gasteiger partial charge in [-0.2, -0.15) is 0 Å². The van der Waals surface area contributed by atoms with Gasteiger partial charge < -0.3 is 13.9 Å². The van der Waals surface area contributed by atoms with E-state index in [9.17, 15) is 0 Å². The molecular weight excluding hydrogens is 204 g/mol. The third-order valence-electron chi connectivity index (χ3n) is 2.57. The monoisotopic (exact) mass is 214 g/mol. The van der Waals surface area contributed by atoms with Crippen molar-refractivity contribution in [2.75, 3.05) is 7.11 Å². The highest BCUT2D eigenvalue weighted by Gasteiger charge is 2.19. The summed E-state index contributed by atoms with van der Waals surface area (Å²) in [6.45, 7) is 3.76. The van der Waals surface area contributed by atoms with Crippen LogP contribution in [0.1, 0.15) is 5.56 Å². The number of furan rings is 1. The van der Waals surface area contributed by atoms with Crippen LogP contribution in [0.4, 0.5) is 0 Å². The van der Waals surface area contributed by atoms with Crippen molar-refractivity contribution in [3.05, 3.63) is 42.4 Å². The summed E-state index contributed by atoms with van der Waals surface area (Å²) in [7, 11) is 1.60. The lowest BCUT2D eigenvalue weighted by atomic mass is 10.1. The average molecular weight is 214 g/mol. The van der Waals surface area contributed by atoms with Gasteiger partial charge in [-0.05, 0) is 24.3 Å². The first-order valence-corrected chi connectivity index (χ1v) is 4.92. The second-order valence-electron chi connectivity index (χ2n) is 3.57. The minimum absolute atomic E-state index is 0.594. The van der Waals surface area contributed by atoms with E-state index in [0.717, 1.165) is 10.9 Å². The zero-order chi connectivity index (χ0) is 11.1. The van der Waals surface area contributed by atoms with Gasteiger partial charge in [-0.25, -0.2) is 0 Å². The van der Waals surface area contributed by atoms with Crippen LogP contribution in [0.2, 0.25) is 0 Å². The van der Waals surface area contributed by atoms with Gasteiger partial charge in [0.1, 0.15) is 5.76 Å². The van der Waals surface area contributed by atoms with Crippen molar-refractivity contribution in [1.82, 2.24) is 0 Å². The number of benzene rings is 1. The number of methoxy groups -OCH3 is 1. The molecule has 2 aromatic rings. The van der Waals surface area contributed by atoms with Crippen molar-refractivity contribution in [2.45, 2.75) is 0 Å². The molecule has 1 aromatic heterocycles. The van der Waals surface area contributed by atoms with Gasteiger partial charge in [-0.1, -0.05) is 6.58 Å². The zero-order valence-electron chi connectivity index (χ0n) is 8.82. The van der Waals surface area contributed by atoms with Gasteiger partial charge in [0.15, 0.2) is 11.3 Å². The summed E-state index contributed by atoms with van der Waals surface area (Å²) in [5, 5.41) is 0.997. The maximum Gasteiger partial charge on any atom is 0.205 e. The molecule has 1 aliphatic heterocycles. The van der Waals surface area contributed by atoms with E-state index in [1.54, 1.807) is 13.4 Å². The summed E-state index contributed by atoms with van der Waals surface area (Å²) < 4.78 is 16.3. The number of allylic oxidation sites excluding steroid dienone is 1. The van der Waals surface area contributed by atoms with E-state index in [1.165, 1.54) is 0 Å². The number of hydrogen-bond acceptors (Lipinski definition) is 3. The van der Waals surface area contributed by atoms with Crippen LogP contribution in [0, 0.1) is 0 Å². The minimum Gasteiger partial charge on any atom is -0.490 e. The van der Waals surface area contributed by atoms with E-state index in [-0.39, 0.29) is 0 Å². The quantitative estimate of drug-likeness (QED) is 0.729. The summed E-state index contributed by atoms with van der Waals surface area (Å²) in [6, 6.07) is 3.90. The largest absolute Gasteiger partial charge is 0.490 e. The Morgan fingerprint density at radius 2 is 2.19 bits per heavy atom. The highest BCUT2D eigenvalue weighted by atomic mass is 16.5. The fourth-order valence-electron chi connectivity index (χ4n) is 1.85. The lowest BCUT2D eigenvalue weighted by Gasteiger charge is -2.16. The SMILES string of the molecule is C=C1C=Cc2cc3ccoc3c(OC)c2O1. The Bertz CT molecular complexity index is 605. The fraction of sp³-hybridized carbons (Fsp3) is 0.0769. The first kappa shape index (κ1) is 9.09. The summed E-state index contributed by atoms with van der Waals surface area (Å²) >= 11 is 0. The van der Waals surface area contributed by atoms with Gasteiger partial charge in [-0.15, -0.1) is 0 Å². The molecule has 0 N–H and O–H groups in total. The van der Waals surface area contributed by atoms with Crippen LogP contribution in [0.25, 0.3) is 17.0 Å². The number of ether oxygens (including phenoxy) is 2. The summed E-state index contributed by atoms with van der Waals surface area (Å²) in [5.41, 5.74) is 1.67. The molecule has 3 rings (SSSR count). The molecule has 0 fully saturated rings. The van der Waals surface area contributed by atoms with Crippen LogP contribution in [0.15, 0.2) is 41.2 Å². The maximum absolute atomic E-state index is 5.57. The van der Waals surface area contributed by atoms with Gasteiger partial charge in [-0.3, -0.25) is 0 Å². The Morgan fingerprint density at radius 3 is 3.00 bits per heavy atom. The smallest absolute Gasteiger partial charge is 0.205 e. The third kappa shape index (κ3) is 1.15. The number of fused-ring (bicyclic) bond motifs is 2. The highest BCUT2D eigenvalue weighted by Crippen LogP contribution is 2.42. The second-order valence-corrected chi connectivity index (χ2v) is 3.57. The molecule has 3 nitrogen and oxygen atoms in total. The van der Waals surface area contributed by atoms with Crippen LogP contribution < -0.4 is 9.47 Å². The van der Waals surface area contributed by atoms with Crippen molar-refractivity contribution in [2.24, 2.45) is 0 Å². The molecule has 16 heavy (non-hydrogen) atoms. The van der Waals surface area contributed by atoms with Gasteiger partial charge in [0.05, 0.1) is 13.4 Å². The molecule has 1 aromatic carbocycles. The standard InChI is InChI=1S/C13H10O3/c1-8-3-4-9-7-10-5-6-15-11(10)13(14-2)12(9)16-8/h3-7H,1H2,2H3. The Morgan fingerprint density at radius 1 is 1.31 bits per heavy atom. The van der Waals surface area contributed by atoms with Crippen LogP contribution in [-0.2, 0) is 0 Å². The lowest BCUT2D eigenvalue weighted by molar-refractivity contribution is 0.364. The predicted molar refractivity (Wildman–Crippen MR) is 61.6 cm³/mol. The molecule has 0 amide bonds. The lowest BCUT2D eigenvalue weighted by Crippen LogP contribution is -2.00. The third-order valence-corrected chi connectivity index (χ3v) is 2.57. The van der Waals surface area contributed by atoms with Gasteiger partial charge in [0.25, 0.3) is 0 Å². The van der Waals surface area contributed by atoms with Crippen molar-refractivity contribution in [3.63, 3.8) is 0 Å². The van der Waals surface area contributed by atoms with Crippen molar-refractivity contribution >= 4 is 17.0 Å².